The van der Waals surface area contributed by atoms with Gasteiger partial charge in [-0.15, -0.1) is 0 Å². The number of non-ortho nitro benzene ring substituents is 1. The standard InChI is InChI=1S/C22H17Cl2N3O5/c23-17-3-6-19(7-4-17)26-22(28)14-32-25-12-16-11-18(24)5-10-21(16)31-13-15-1-8-20(9-2-15)27(29)30/h1-12H,13-14H2,(H,26,28)/b25-12+. The topological polar surface area (TPSA) is 103 Å². The van der Waals surface area contributed by atoms with Crippen LogP contribution >= 0.6 is 23.2 Å². The Morgan fingerprint density at radius 3 is 2.41 bits per heavy atom. The van der Waals surface area contributed by atoms with Crippen LogP contribution in [0.2, 0.25) is 10.0 Å². The van der Waals surface area contributed by atoms with Crippen molar-refractivity contribution in [3.63, 3.8) is 0 Å². The van der Waals surface area contributed by atoms with Gasteiger partial charge in [-0.05, 0) is 60.2 Å². The molecule has 0 bridgehead atoms. The first-order valence-corrected chi connectivity index (χ1v) is 10.0. The second-order valence-corrected chi connectivity index (χ2v) is 7.33. The number of oxime groups is 1. The Balaban J connectivity index is 1.55. The summed E-state index contributed by atoms with van der Waals surface area (Å²) >= 11 is 11.9. The van der Waals surface area contributed by atoms with Gasteiger partial charge in [0, 0.05) is 33.4 Å². The quantitative estimate of drug-likeness (QED) is 0.252. The van der Waals surface area contributed by atoms with E-state index in [0.29, 0.717) is 27.0 Å². The molecule has 0 saturated heterocycles. The second-order valence-electron chi connectivity index (χ2n) is 6.46. The van der Waals surface area contributed by atoms with Crippen LogP contribution in [0.3, 0.4) is 0 Å². The highest BCUT2D eigenvalue weighted by atomic mass is 35.5. The van der Waals surface area contributed by atoms with Gasteiger partial charge in [0.1, 0.15) is 12.4 Å². The minimum atomic E-state index is -0.464. The van der Waals surface area contributed by atoms with E-state index in [9.17, 15) is 14.9 Å². The normalized spacial score (nSPS) is 10.7. The molecule has 0 spiro atoms. The number of ether oxygens (including phenoxy) is 1. The van der Waals surface area contributed by atoms with E-state index in [0.717, 1.165) is 5.56 Å². The van der Waals surface area contributed by atoms with Crippen LogP contribution in [0, 0.1) is 10.1 Å². The van der Waals surface area contributed by atoms with Crippen molar-refractivity contribution in [1.82, 2.24) is 0 Å². The molecular weight excluding hydrogens is 457 g/mol. The number of anilines is 1. The van der Waals surface area contributed by atoms with E-state index in [1.54, 1.807) is 54.6 Å². The fourth-order valence-electron chi connectivity index (χ4n) is 2.55. The van der Waals surface area contributed by atoms with Gasteiger partial charge in [0.15, 0.2) is 6.61 Å². The maximum absolute atomic E-state index is 11.9. The predicted molar refractivity (Wildman–Crippen MR) is 123 cm³/mol. The number of nitro groups is 1. The van der Waals surface area contributed by atoms with Gasteiger partial charge in [0.25, 0.3) is 11.6 Å². The Morgan fingerprint density at radius 2 is 1.72 bits per heavy atom. The zero-order valence-corrected chi connectivity index (χ0v) is 18.0. The molecule has 0 aliphatic carbocycles. The molecule has 0 aromatic heterocycles. The van der Waals surface area contributed by atoms with Crippen LogP contribution in [-0.4, -0.2) is 23.7 Å². The van der Waals surface area contributed by atoms with Crippen molar-refractivity contribution >= 4 is 46.7 Å². The Kier molecular flexibility index (Phi) is 8.02. The summed E-state index contributed by atoms with van der Waals surface area (Å²) in [6.45, 7) is -0.108. The Morgan fingerprint density at radius 1 is 1.03 bits per heavy atom. The maximum Gasteiger partial charge on any atom is 0.269 e. The lowest BCUT2D eigenvalue weighted by Crippen LogP contribution is -2.16. The predicted octanol–water partition coefficient (Wildman–Crippen LogP) is 5.47. The molecule has 3 rings (SSSR count). The van der Waals surface area contributed by atoms with Crippen molar-refractivity contribution in [3.8, 4) is 5.75 Å². The summed E-state index contributed by atoms with van der Waals surface area (Å²) in [4.78, 5) is 27.3. The number of carbonyl (C=O) groups excluding carboxylic acids is 1. The summed E-state index contributed by atoms with van der Waals surface area (Å²) in [6.07, 6.45) is 1.38. The highest BCUT2D eigenvalue weighted by molar-refractivity contribution is 6.31. The van der Waals surface area contributed by atoms with E-state index < -0.39 is 4.92 Å². The number of rotatable bonds is 9. The molecule has 0 fully saturated rings. The lowest BCUT2D eigenvalue weighted by molar-refractivity contribution is -0.384. The molecule has 3 aromatic rings. The highest BCUT2D eigenvalue weighted by Crippen LogP contribution is 2.23. The molecule has 0 aliphatic rings. The maximum atomic E-state index is 11.9. The molecule has 32 heavy (non-hydrogen) atoms. The third-order valence-corrected chi connectivity index (χ3v) is 4.59. The van der Waals surface area contributed by atoms with Gasteiger partial charge in [-0.3, -0.25) is 14.9 Å². The van der Waals surface area contributed by atoms with Crippen LogP contribution in [0.4, 0.5) is 11.4 Å². The fraction of sp³-hybridized carbons (Fsp3) is 0.0909. The van der Waals surface area contributed by atoms with Crippen molar-refractivity contribution in [2.24, 2.45) is 5.16 Å². The third-order valence-electron chi connectivity index (χ3n) is 4.10. The van der Waals surface area contributed by atoms with Crippen molar-refractivity contribution in [1.29, 1.82) is 0 Å². The van der Waals surface area contributed by atoms with Gasteiger partial charge in [-0.2, -0.15) is 0 Å². The number of nitro benzene ring substituents is 1. The average Bonchev–Trinajstić information content (AvgIpc) is 2.78. The molecule has 1 amide bonds. The Hall–Kier alpha value is -3.62. The van der Waals surface area contributed by atoms with Crippen molar-refractivity contribution < 1.29 is 19.3 Å². The van der Waals surface area contributed by atoms with E-state index in [1.165, 1.54) is 18.3 Å². The molecule has 0 atom stereocenters. The van der Waals surface area contributed by atoms with E-state index in [1.807, 2.05) is 0 Å². The minimum Gasteiger partial charge on any atom is -0.488 e. The molecule has 0 heterocycles. The van der Waals surface area contributed by atoms with Crippen molar-refractivity contribution in [2.45, 2.75) is 6.61 Å². The second kappa shape index (κ2) is 11.1. The molecule has 0 radical (unpaired) electrons. The van der Waals surface area contributed by atoms with E-state index >= 15 is 0 Å². The number of amides is 1. The van der Waals surface area contributed by atoms with Crippen LogP contribution in [0.15, 0.2) is 71.9 Å². The molecule has 3 aromatic carbocycles. The third kappa shape index (κ3) is 6.97. The molecule has 0 unspecified atom stereocenters. The summed E-state index contributed by atoms with van der Waals surface area (Å²) in [5.74, 6) is 0.0935. The van der Waals surface area contributed by atoms with Gasteiger partial charge in [0.2, 0.25) is 0 Å². The Labute approximate surface area is 193 Å². The summed E-state index contributed by atoms with van der Waals surface area (Å²) in [7, 11) is 0. The smallest absolute Gasteiger partial charge is 0.269 e. The van der Waals surface area contributed by atoms with Crippen LogP contribution in [0.5, 0.6) is 5.75 Å². The lowest BCUT2D eigenvalue weighted by atomic mass is 10.2. The van der Waals surface area contributed by atoms with Gasteiger partial charge >= 0.3 is 0 Å². The number of nitrogens with one attached hydrogen (secondary N) is 1. The highest BCUT2D eigenvalue weighted by Gasteiger charge is 2.07. The SMILES string of the molecule is O=C(CO/N=C/c1cc(Cl)ccc1OCc1ccc([N+](=O)[O-])cc1)Nc1ccc(Cl)cc1. The molecule has 8 nitrogen and oxygen atoms in total. The largest absolute Gasteiger partial charge is 0.488 e. The molecular formula is C22H17Cl2N3O5. The van der Waals surface area contributed by atoms with E-state index in [4.69, 9.17) is 32.8 Å². The van der Waals surface area contributed by atoms with Crippen molar-refractivity contribution in [2.75, 3.05) is 11.9 Å². The molecule has 0 saturated carbocycles. The minimum absolute atomic E-state index is 0.00492. The van der Waals surface area contributed by atoms with Gasteiger partial charge < -0.3 is 14.9 Å². The number of halogens is 2. The van der Waals surface area contributed by atoms with Gasteiger partial charge in [-0.1, -0.05) is 28.4 Å². The zero-order chi connectivity index (χ0) is 22.9. The summed E-state index contributed by atoms with van der Waals surface area (Å²) < 4.78 is 5.78. The van der Waals surface area contributed by atoms with E-state index in [-0.39, 0.29) is 24.8 Å². The molecule has 164 valence electrons. The monoisotopic (exact) mass is 473 g/mol. The van der Waals surface area contributed by atoms with Crippen LogP contribution in [-0.2, 0) is 16.2 Å². The summed E-state index contributed by atoms with van der Waals surface area (Å²) in [6, 6.07) is 17.7. The van der Waals surface area contributed by atoms with Gasteiger partial charge in [-0.25, -0.2) is 0 Å². The Bertz CT molecular complexity index is 1120. The van der Waals surface area contributed by atoms with E-state index in [2.05, 4.69) is 10.5 Å². The first kappa shape index (κ1) is 23.1. The fourth-order valence-corrected chi connectivity index (χ4v) is 2.85. The van der Waals surface area contributed by atoms with Crippen LogP contribution in [0.25, 0.3) is 0 Å². The van der Waals surface area contributed by atoms with Gasteiger partial charge in [0.05, 0.1) is 11.1 Å². The number of nitrogens with zero attached hydrogens (tertiary/aromatic N) is 2. The number of hydrogen-bond acceptors (Lipinski definition) is 6. The zero-order valence-electron chi connectivity index (χ0n) is 16.5. The number of benzene rings is 3. The van der Waals surface area contributed by atoms with Crippen LogP contribution < -0.4 is 10.1 Å². The molecule has 1 N–H and O–H groups in total. The van der Waals surface area contributed by atoms with Crippen molar-refractivity contribution in [3.05, 3.63) is 98.0 Å². The molecule has 0 aliphatic heterocycles. The lowest BCUT2D eigenvalue weighted by Gasteiger charge is -2.09. The number of carbonyl (C=O) groups is 1. The first-order valence-electron chi connectivity index (χ1n) is 9.27. The summed E-state index contributed by atoms with van der Waals surface area (Å²) in [5.41, 5.74) is 1.88. The summed E-state index contributed by atoms with van der Waals surface area (Å²) in [5, 5.41) is 18.2. The van der Waals surface area contributed by atoms with Crippen LogP contribution in [0.1, 0.15) is 11.1 Å². The molecule has 10 heteroatoms. The average molecular weight is 474 g/mol. The number of hydrogen-bond donors (Lipinski definition) is 1. The first-order chi connectivity index (χ1) is 15.4.